The van der Waals surface area contributed by atoms with Gasteiger partial charge in [0, 0.05) is 5.92 Å². The lowest BCUT2D eigenvalue weighted by Gasteiger charge is -2.13. The molecule has 0 aromatic carbocycles. The fraction of sp³-hybridized carbons (Fsp3) is 0.750. The number of nitroso groups, excluding NO2 is 1. The molecule has 0 aromatic rings. The molecule has 0 aliphatic carbocycles. The van der Waals surface area contributed by atoms with Crippen LogP contribution in [0.3, 0.4) is 0 Å². The van der Waals surface area contributed by atoms with E-state index in [1.807, 2.05) is 19.9 Å². The van der Waals surface area contributed by atoms with Gasteiger partial charge in [0.25, 0.3) is 0 Å². The molecule has 2 unspecified atom stereocenters. The molecule has 0 aliphatic rings. The minimum absolute atomic E-state index is 0.0671. The average molecular weight is 141 g/mol. The Hall–Kier alpha value is -0.660. The first-order valence-corrected chi connectivity index (χ1v) is 3.75. The monoisotopic (exact) mass is 141 g/mol. The van der Waals surface area contributed by atoms with E-state index < -0.39 is 0 Å². The van der Waals surface area contributed by atoms with E-state index in [9.17, 15) is 4.91 Å². The van der Waals surface area contributed by atoms with Crippen LogP contribution in [-0.2, 0) is 0 Å². The van der Waals surface area contributed by atoms with Crippen molar-refractivity contribution in [3.63, 3.8) is 0 Å². The fourth-order valence-corrected chi connectivity index (χ4v) is 1.05. The Morgan fingerprint density at radius 3 is 2.20 bits per heavy atom. The third-order valence-electron chi connectivity index (χ3n) is 1.82. The first-order valence-electron chi connectivity index (χ1n) is 3.75. The molecule has 0 saturated heterocycles. The molecule has 2 heteroatoms. The van der Waals surface area contributed by atoms with Crippen molar-refractivity contribution >= 4 is 0 Å². The smallest absolute Gasteiger partial charge is 0.0979 e. The van der Waals surface area contributed by atoms with Crippen molar-refractivity contribution in [3.05, 3.63) is 17.6 Å². The molecule has 0 amide bonds. The third-order valence-corrected chi connectivity index (χ3v) is 1.82. The standard InChI is InChI=1S/C8H15NO/c1-4-7(5-2)8(6-3)9-10/h4,7-8H,1,5-6H2,2-3H3. The van der Waals surface area contributed by atoms with Crippen molar-refractivity contribution in [2.45, 2.75) is 32.7 Å². The van der Waals surface area contributed by atoms with E-state index in [2.05, 4.69) is 11.8 Å². The summed E-state index contributed by atoms with van der Waals surface area (Å²) in [5, 5.41) is 3.03. The summed E-state index contributed by atoms with van der Waals surface area (Å²) in [6.45, 7) is 7.66. The van der Waals surface area contributed by atoms with E-state index in [0.29, 0.717) is 0 Å². The van der Waals surface area contributed by atoms with Gasteiger partial charge in [-0.25, -0.2) is 0 Å². The van der Waals surface area contributed by atoms with Crippen LogP contribution < -0.4 is 0 Å². The molecule has 10 heavy (non-hydrogen) atoms. The molecule has 0 fully saturated rings. The highest BCUT2D eigenvalue weighted by Crippen LogP contribution is 2.15. The maximum Gasteiger partial charge on any atom is 0.0979 e. The van der Waals surface area contributed by atoms with Crippen LogP contribution in [0.5, 0.6) is 0 Å². The Bertz CT molecular complexity index is 97.8. The summed E-state index contributed by atoms with van der Waals surface area (Å²) in [6.07, 6.45) is 3.58. The zero-order chi connectivity index (χ0) is 7.98. The Morgan fingerprint density at radius 2 is 2.10 bits per heavy atom. The van der Waals surface area contributed by atoms with Gasteiger partial charge in [-0.05, 0) is 12.8 Å². The van der Waals surface area contributed by atoms with Gasteiger partial charge in [0.1, 0.15) is 0 Å². The zero-order valence-corrected chi connectivity index (χ0v) is 6.71. The van der Waals surface area contributed by atoms with Crippen molar-refractivity contribution < 1.29 is 0 Å². The van der Waals surface area contributed by atoms with Gasteiger partial charge in [0.15, 0.2) is 0 Å². The van der Waals surface area contributed by atoms with E-state index in [0.717, 1.165) is 12.8 Å². The Labute approximate surface area is 62.3 Å². The van der Waals surface area contributed by atoms with Crippen LogP contribution in [0.1, 0.15) is 26.7 Å². The molecule has 0 aliphatic heterocycles. The molecule has 0 heterocycles. The Morgan fingerprint density at radius 1 is 1.50 bits per heavy atom. The van der Waals surface area contributed by atoms with Crippen LogP contribution in [0.15, 0.2) is 17.8 Å². The summed E-state index contributed by atoms with van der Waals surface area (Å²) >= 11 is 0. The number of hydrogen-bond acceptors (Lipinski definition) is 2. The number of nitrogens with zero attached hydrogens (tertiary/aromatic N) is 1. The van der Waals surface area contributed by atoms with Crippen molar-refractivity contribution in [3.8, 4) is 0 Å². The van der Waals surface area contributed by atoms with Crippen LogP contribution in [0.2, 0.25) is 0 Å². The molecule has 0 spiro atoms. The second-order valence-corrected chi connectivity index (χ2v) is 2.39. The number of rotatable bonds is 5. The van der Waals surface area contributed by atoms with E-state index in [1.54, 1.807) is 0 Å². The lowest BCUT2D eigenvalue weighted by atomic mass is 9.96. The fourth-order valence-electron chi connectivity index (χ4n) is 1.05. The quantitative estimate of drug-likeness (QED) is 0.427. The highest BCUT2D eigenvalue weighted by molar-refractivity contribution is 4.86. The second-order valence-electron chi connectivity index (χ2n) is 2.39. The van der Waals surface area contributed by atoms with Gasteiger partial charge in [0.05, 0.1) is 6.04 Å². The lowest BCUT2D eigenvalue weighted by Crippen LogP contribution is -2.13. The largest absolute Gasteiger partial charge is 0.150 e. The molecule has 0 saturated carbocycles. The molecular weight excluding hydrogens is 126 g/mol. The van der Waals surface area contributed by atoms with E-state index in [4.69, 9.17) is 0 Å². The van der Waals surface area contributed by atoms with Crippen LogP contribution in [0.4, 0.5) is 0 Å². The SMILES string of the molecule is C=CC(CC)C(CC)N=O. The summed E-state index contributed by atoms with van der Waals surface area (Å²) in [4.78, 5) is 10.2. The maximum atomic E-state index is 10.2. The third kappa shape index (κ3) is 2.29. The maximum absolute atomic E-state index is 10.2. The zero-order valence-electron chi connectivity index (χ0n) is 6.71. The molecule has 2 atom stereocenters. The minimum Gasteiger partial charge on any atom is -0.150 e. The predicted molar refractivity (Wildman–Crippen MR) is 43.9 cm³/mol. The molecule has 0 radical (unpaired) electrons. The van der Waals surface area contributed by atoms with Gasteiger partial charge in [0.2, 0.25) is 0 Å². The van der Waals surface area contributed by atoms with Crippen LogP contribution in [0.25, 0.3) is 0 Å². The van der Waals surface area contributed by atoms with Gasteiger partial charge in [-0.3, -0.25) is 0 Å². The number of hydrogen-bond donors (Lipinski definition) is 0. The topological polar surface area (TPSA) is 29.4 Å². The highest BCUT2D eigenvalue weighted by atomic mass is 16.3. The van der Waals surface area contributed by atoms with Crippen molar-refractivity contribution in [1.82, 2.24) is 0 Å². The van der Waals surface area contributed by atoms with Gasteiger partial charge in [-0.2, -0.15) is 4.91 Å². The van der Waals surface area contributed by atoms with E-state index in [-0.39, 0.29) is 12.0 Å². The molecule has 2 nitrogen and oxygen atoms in total. The van der Waals surface area contributed by atoms with Gasteiger partial charge < -0.3 is 0 Å². The van der Waals surface area contributed by atoms with E-state index in [1.165, 1.54) is 0 Å². The molecule has 0 rings (SSSR count). The summed E-state index contributed by atoms with van der Waals surface area (Å²) in [6, 6.07) is -0.0671. The van der Waals surface area contributed by atoms with Crippen molar-refractivity contribution in [2.75, 3.05) is 0 Å². The first-order chi connectivity index (χ1) is 4.79. The molecular formula is C8H15NO. The van der Waals surface area contributed by atoms with Crippen LogP contribution in [0, 0.1) is 10.8 Å². The second kappa shape index (κ2) is 5.15. The van der Waals surface area contributed by atoms with Crippen LogP contribution >= 0.6 is 0 Å². The minimum atomic E-state index is -0.0671. The molecule has 0 aromatic heterocycles. The van der Waals surface area contributed by atoms with Crippen molar-refractivity contribution in [1.29, 1.82) is 0 Å². The lowest BCUT2D eigenvalue weighted by molar-refractivity contribution is 0.476. The van der Waals surface area contributed by atoms with E-state index >= 15 is 0 Å². The van der Waals surface area contributed by atoms with Gasteiger partial charge >= 0.3 is 0 Å². The molecule has 58 valence electrons. The Balaban J connectivity index is 3.93. The average Bonchev–Trinajstić information content (AvgIpc) is 2.00. The molecule has 0 bridgehead atoms. The summed E-state index contributed by atoms with van der Waals surface area (Å²) in [5.41, 5.74) is 0. The summed E-state index contributed by atoms with van der Waals surface area (Å²) in [7, 11) is 0. The predicted octanol–water partition coefficient (Wildman–Crippen LogP) is 2.74. The van der Waals surface area contributed by atoms with Gasteiger partial charge in [-0.15, -0.1) is 6.58 Å². The first kappa shape index (κ1) is 9.34. The molecule has 0 N–H and O–H groups in total. The summed E-state index contributed by atoms with van der Waals surface area (Å²) in [5.74, 6) is 0.266. The van der Waals surface area contributed by atoms with Crippen molar-refractivity contribution in [2.24, 2.45) is 11.1 Å². The normalized spacial score (nSPS) is 15.8. The van der Waals surface area contributed by atoms with Crippen LogP contribution in [-0.4, -0.2) is 6.04 Å². The van der Waals surface area contributed by atoms with Gasteiger partial charge in [-0.1, -0.05) is 25.1 Å². The Kier molecular flexibility index (Phi) is 4.81. The highest BCUT2D eigenvalue weighted by Gasteiger charge is 2.14. The summed E-state index contributed by atoms with van der Waals surface area (Å²) < 4.78 is 0.